The van der Waals surface area contributed by atoms with Crippen LogP contribution >= 0.6 is 11.3 Å². The number of sulfone groups is 1. The summed E-state index contributed by atoms with van der Waals surface area (Å²) in [5.74, 6) is 0. The summed E-state index contributed by atoms with van der Waals surface area (Å²) in [5.41, 5.74) is 2.76. The molecule has 0 saturated heterocycles. The van der Waals surface area contributed by atoms with Crippen molar-refractivity contribution in [3.63, 3.8) is 0 Å². The zero-order valence-electron chi connectivity index (χ0n) is 14.7. The van der Waals surface area contributed by atoms with E-state index in [0.717, 1.165) is 34.4 Å². The fourth-order valence-electron chi connectivity index (χ4n) is 2.69. The number of rotatable bonds is 6. The molecule has 140 valence electrons. The average molecular weight is 402 g/mol. The first kappa shape index (κ1) is 19.1. The van der Waals surface area contributed by atoms with Crippen molar-refractivity contribution in [2.24, 2.45) is 0 Å². The molecular weight excluding hydrogens is 382 g/mol. The second-order valence-electron chi connectivity index (χ2n) is 5.97. The van der Waals surface area contributed by atoms with Gasteiger partial charge in [-0.05, 0) is 47.4 Å². The molecule has 0 spiro atoms. The van der Waals surface area contributed by atoms with E-state index in [-0.39, 0.29) is 15.6 Å². The number of amides is 1. The highest BCUT2D eigenvalue weighted by Gasteiger charge is 2.21. The third-order valence-corrected chi connectivity index (χ3v) is 7.42. The minimum atomic E-state index is -3.68. The number of thiophene rings is 1. The third kappa shape index (κ3) is 4.37. The highest BCUT2D eigenvalue weighted by Crippen LogP contribution is 2.31. The Hall–Kier alpha value is -2.64. The lowest BCUT2D eigenvalue weighted by molar-refractivity contribution is 0.194. The van der Waals surface area contributed by atoms with E-state index < -0.39 is 15.9 Å². The predicted molar refractivity (Wildman–Crippen MR) is 106 cm³/mol. The topological polar surface area (TPSA) is 83.5 Å². The van der Waals surface area contributed by atoms with Crippen LogP contribution in [-0.2, 0) is 22.8 Å². The van der Waals surface area contributed by atoms with Crippen LogP contribution in [0, 0.1) is 0 Å². The van der Waals surface area contributed by atoms with E-state index in [4.69, 9.17) is 5.11 Å². The molecule has 5 nitrogen and oxygen atoms in total. The van der Waals surface area contributed by atoms with Crippen molar-refractivity contribution in [3.8, 4) is 11.1 Å². The van der Waals surface area contributed by atoms with E-state index in [2.05, 4.69) is 5.32 Å². The maximum absolute atomic E-state index is 13.1. The minimum Gasteiger partial charge on any atom is -0.465 e. The lowest BCUT2D eigenvalue weighted by atomic mass is 10.0. The van der Waals surface area contributed by atoms with Gasteiger partial charge in [0, 0.05) is 4.88 Å². The Kier molecular flexibility index (Phi) is 5.62. The molecule has 27 heavy (non-hydrogen) atoms. The fourth-order valence-corrected chi connectivity index (χ4v) is 5.49. The summed E-state index contributed by atoms with van der Waals surface area (Å²) < 4.78 is 26.4. The lowest BCUT2D eigenvalue weighted by Crippen LogP contribution is -2.19. The summed E-state index contributed by atoms with van der Waals surface area (Å²) in [4.78, 5) is 11.5. The van der Waals surface area contributed by atoms with Crippen LogP contribution in [0.4, 0.5) is 4.79 Å². The van der Waals surface area contributed by atoms with Gasteiger partial charge in [0.05, 0.1) is 11.4 Å². The summed E-state index contributed by atoms with van der Waals surface area (Å²) in [6, 6.07) is 18.2. The van der Waals surface area contributed by atoms with Crippen molar-refractivity contribution in [1.29, 1.82) is 0 Å². The van der Waals surface area contributed by atoms with Gasteiger partial charge in [-0.3, -0.25) is 0 Å². The Bertz CT molecular complexity index is 1060. The molecule has 0 aliphatic rings. The van der Waals surface area contributed by atoms with E-state index in [1.807, 2.05) is 43.3 Å². The van der Waals surface area contributed by atoms with Crippen LogP contribution in [0.5, 0.6) is 0 Å². The Morgan fingerprint density at radius 3 is 2.44 bits per heavy atom. The lowest BCUT2D eigenvalue weighted by Gasteiger charge is -2.09. The van der Waals surface area contributed by atoms with Gasteiger partial charge < -0.3 is 10.4 Å². The number of carbonyl (C=O) groups is 1. The van der Waals surface area contributed by atoms with E-state index in [1.54, 1.807) is 18.2 Å². The summed E-state index contributed by atoms with van der Waals surface area (Å²) in [6.07, 6.45) is -0.419. The van der Waals surface area contributed by atoms with Gasteiger partial charge in [0.15, 0.2) is 0 Å². The smallest absolute Gasteiger partial charge is 0.404 e. The standard InChI is InChI=1S/C20H19NO4S2/c1-2-14-10-16(15-6-4-3-5-7-15)12-18(11-14)27(24,25)19-9-8-17(26-19)13-21-20(22)23/h3-12,21H,2,13H2,1H3,(H,22,23). The monoisotopic (exact) mass is 401 g/mol. The van der Waals surface area contributed by atoms with E-state index in [1.165, 1.54) is 6.07 Å². The molecule has 1 heterocycles. The number of hydrogen-bond acceptors (Lipinski definition) is 4. The van der Waals surface area contributed by atoms with Gasteiger partial charge in [-0.15, -0.1) is 11.3 Å². The van der Waals surface area contributed by atoms with Crippen molar-refractivity contribution in [3.05, 3.63) is 71.1 Å². The van der Waals surface area contributed by atoms with Crippen molar-refractivity contribution in [2.75, 3.05) is 0 Å². The Morgan fingerprint density at radius 2 is 1.78 bits per heavy atom. The average Bonchev–Trinajstić information content (AvgIpc) is 3.16. The summed E-state index contributed by atoms with van der Waals surface area (Å²) in [6.45, 7) is 2.07. The van der Waals surface area contributed by atoms with Crippen LogP contribution in [-0.4, -0.2) is 19.6 Å². The number of hydrogen-bond donors (Lipinski definition) is 2. The van der Waals surface area contributed by atoms with Crippen molar-refractivity contribution >= 4 is 27.3 Å². The SMILES string of the molecule is CCc1cc(-c2ccccc2)cc(S(=O)(=O)c2ccc(CNC(=O)O)s2)c1. The zero-order chi connectivity index (χ0) is 19.4. The van der Waals surface area contributed by atoms with Crippen molar-refractivity contribution < 1.29 is 18.3 Å². The van der Waals surface area contributed by atoms with Gasteiger partial charge in [-0.1, -0.05) is 43.3 Å². The molecule has 0 atom stereocenters. The Balaban J connectivity index is 2.00. The molecule has 2 aromatic carbocycles. The maximum atomic E-state index is 13.1. The summed E-state index contributed by atoms with van der Waals surface area (Å²) in [5, 5.41) is 10.9. The molecule has 1 aromatic heterocycles. The van der Waals surface area contributed by atoms with Gasteiger partial charge in [0.25, 0.3) is 0 Å². The first-order chi connectivity index (χ1) is 12.9. The first-order valence-corrected chi connectivity index (χ1v) is 10.7. The van der Waals surface area contributed by atoms with Crippen LogP contribution in [0.25, 0.3) is 11.1 Å². The normalized spacial score (nSPS) is 11.3. The highest BCUT2D eigenvalue weighted by atomic mass is 32.2. The van der Waals surface area contributed by atoms with Crippen molar-refractivity contribution in [2.45, 2.75) is 29.0 Å². The summed E-state index contributed by atoms with van der Waals surface area (Å²) in [7, 11) is -3.68. The number of carboxylic acid groups (broad SMARTS) is 1. The van der Waals surface area contributed by atoms with Crippen LogP contribution in [0.1, 0.15) is 17.4 Å². The molecular formula is C20H19NO4S2. The molecule has 0 aliphatic carbocycles. The number of nitrogens with one attached hydrogen (secondary N) is 1. The summed E-state index contributed by atoms with van der Waals surface area (Å²) >= 11 is 1.08. The van der Waals surface area contributed by atoms with Gasteiger partial charge in [-0.25, -0.2) is 13.2 Å². The molecule has 0 aliphatic heterocycles. The van der Waals surface area contributed by atoms with E-state index in [0.29, 0.717) is 4.88 Å². The Labute approximate surface area is 162 Å². The molecule has 0 radical (unpaired) electrons. The molecule has 2 N–H and O–H groups in total. The quantitative estimate of drug-likeness (QED) is 0.633. The predicted octanol–water partition coefficient (Wildman–Crippen LogP) is 4.58. The second kappa shape index (κ2) is 7.94. The molecule has 7 heteroatoms. The largest absolute Gasteiger partial charge is 0.465 e. The molecule has 0 bridgehead atoms. The first-order valence-electron chi connectivity index (χ1n) is 8.40. The van der Waals surface area contributed by atoms with Gasteiger partial charge >= 0.3 is 6.09 Å². The van der Waals surface area contributed by atoms with Gasteiger partial charge in [-0.2, -0.15) is 0 Å². The van der Waals surface area contributed by atoms with Gasteiger partial charge in [0.2, 0.25) is 9.84 Å². The molecule has 0 fully saturated rings. The highest BCUT2D eigenvalue weighted by molar-refractivity contribution is 7.93. The van der Waals surface area contributed by atoms with Gasteiger partial charge in [0.1, 0.15) is 4.21 Å². The number of aryl methyl sites for hydroxylation is 1. The van der Waals surface area contributed by atoms with E-state index in [9.17, 15) is 13.2 Å². The minimum absolute atomic E-state index is 0.0831. The second-order valence-corrected chi connectivity index (χ2v) is 9.31. The maximum Gasteiger partial charge on any atom is 0.404 e. The van der Waals surface area contributed by atoms with Crippen LogP contribution in [0.15, 0.2) is 69.8 Å². The number of benzene rings is 2. The van der Waals surface area contributed by atoms with Crippen molar-refractivity contribution in [1.82, 2.24) is 5.32 Å². The Morgan fingerprint density at radius 1 is 1.04 bits per heavy atom. The van der Waals surface area contributed by atoms with Crippen LogP contribution < -0.4 is 5.32 Å². The third-order valence-electron chi connectivity index (χ3n) is 4.11. The van der Waals surface area contributed by atoms with Crippen LogP contribution in [0.3, 0.4) is 0 Å². The molecule has 0 saturated carbocycles. The fraction of sp³-hybridized carbons (Fsp3) is 0.150. The molecule has 3 aromatic rings. The molecule has 1 amide bonds. The molecule has 0 unspecified atom stereocenters. The zero-order valence-corrected chi connectivity index (χ0v) is 16.3. The van der Waals surface area contributed by atoms with E-state index >= 15 is 0 Å². The van der Waals surface area contributed by atoms with Crippen LogP contribution in [0.2, 0.25) is 0 Å². The molecule has 3 rings (SSSR count).